The summed E-state index contributed by atoms with van der Waals surface area (Å²) >= 11 is 12.2. The summed E-state index contributed by atoms with van der Waals surface area (Å²) in [6.07, 6.45) is 0. The number of ether oxygens (including phenoxy) is 1. The Bertz CT molecular complexity index is 861. The lowest BCUT2D eigenvalue weighted by Crippen LogP contribution is -2.29. The van der Waals surface area contributed by atoms with E-state index < -0.39 is 17.8 Å². The van der Waals surface area contributed by atoms with Crippen LogP contribution in [0.3, 0.4) is 0 Å². The van der Waals surface area contributed by atoms with Gasteiger partial charge in [-0.2, -0.15) is 0 Å². The van der Waals surface area contributed by atoms with Crippen molar-refractivity contribution in [3.63, 3.8) is 0 Å². The number of amides is 1. The Morgan fingerprint density at radius 3 is 2.03 bits per heavy atom. The van der Waals surface area contributed by atoms with Crippen LogP contribution in [-0.4, -0.2) is 66.2 Å². The van der Waals surface area contributed by atoms with Crippen LogP contribution in [-0.2, 0) is 9.59 Å². The minimum Gasteiger partial charge on any atom is -0.492 e. The van der Waals surface area contributed by atoms with E-state index >= 15 is 0 Å². The predicted molar refractivity (Wildman–Crippen MR) is 118 cm³/mol. The van der Waals surface area contributed by atoms with Crippen LogP contribution >= 0.6 is 23.2 Å². The SMILES string of the molecule is CN(CCNc1c(Cl)cccc1Cl)CCOc1ccc(C(N)=O)cc1.O=C(O)C(=O)O. The first kappa shape index (κ1) is 26.0. The molecule has 168 valence electrons. The molecule has 9 nitrogen and oxygen atoms in total. The first-order valence-corrected chi connectivity index (χ1v) is 9.72. The fourth-order valence-corrected chi connectivity index (χ4v) is 2.72. The molecule has 0 bridgehead atoms. The zero-order valence-corrected chi connectivity index (χ0v) is 18.2. The molecule has 0 aromatic heterocycles. The number of likely N-dealkylation sites (N-methyl/N-ethyl adjacent to an activating group) is 1. The van der Waals surface area contributed by atoms with Crippen LogP contribution in [0.2, 0.25) is 10.0 Å². The Balaban J connectivity index is 0.000000703. The summed E-state index contributed by atoms with van der Waals surface area (Å²) in [5.74, 6) is -3.39. The Kier molecular flexibility index (Phi) is 11.2. The summed E-state index contributed by atoms with van der Waals surface area (Å²) in [6.45, 7) is 2.83. The van der Waals surface area contributed by atoms with Gasteiger partial charge in [0.15, 0.2) is 0 Å². The minimum atomic E-state index is -1.82. The molecule has 0 aliphatic rings. The topological polar surface area (TPSA) is 142 Å². The number of halogens is 2. The van der Waals surface area contributed by atoms with Gasteiger partial charge in [0.05, 0.1) is 15.7 Å². The van der Waals surface area contributed by atoms with Gasteiger partial charge >= 0.3 is 11.9 Å². The number of aliphatic carboxylic acids is 2. The van der Waals surface area contributed by atoms with Crippen LogP contribution in [0.4, 0.5) is 5.69 Å². The van der Waals surface area contributed by atoms with Gasteiger partial charge in [0.25, 0.3) is 0 Å². The van der Waals surface area contributed by atoms with E-state index in [2.05, 4.69) is 10.2 Å². The molecule has 0 unspecified atom stereocenters. The number of carbonyl (C=O) groups excluding carboxylic acids is 1. The van der Waals surface area contributed by atoms with Gasteiger partial charge < -0.3 is 30.9 Å². The molecule has 0 aliphatic heterocycles. The van der Waals surface area contributed by atoms with E-state index in [0.717, 1.165) is 18.8 Å². The van der Waals surface area contributed by atoms with E-state index in [4.69, 9.17) is 53.5 Å². The lowest BCUT2D eigenvalue weighted by molar-refractivity contribution is -0.159. The molecule has 0 spiro atoms. The smallest absolute Gasteiger partial charge is 0.414 e. The van der Waals surface area contributed by atoms with Crippen molar-refractivity contribution in [3.05, 3.63) is 58.1 Å². The highest BCUT2D eigenvalue weighted by Gasteiger charge is 2.06. The van der Waals surface area contributed by atoms with Gasteiger partial charge in [-0.3, -0.25) is 4.79 Å². The van der Waals surface area contributed by atoms with Crippen molar-refractivity contribution in [2.75, 3.05) is 38.6 Å². The summed E-state index contributed by atoms with van der Waals surface area (Å²) in [5, 5.41) is 19.2. The number of para-hydroxylation sites is 1. The zero-order valence-electron chi connectivity index (χ0n) is 16.7. The van der Waals surface area contributed by atoms with Gasteiger partial charge in [-0.25, -0.2) is 9.59 Å². The highest BCUT2D eigenvalue weighted by Crippen LogP contribution is 2.29. The highest BCUT2D eigenvalue weighted by atomic mass is 35.5. The maximum Gasteiger partial charge on any atom is 0.414 e. The van der Waals surface area contributed by atoms with Gasteiger partial charge in [-0.15, -0.1) is 0 Å². The van der Waals surface area contributed by atoms with Crippen LogP contribution in [0.5, 0.6) is 5.75 Å². The summed E-state index contributed by atoms with van der Waals surface area (Å²) in [6, 6.07) is 12.2. The number of carboxylic acids is 2. The number of benzene rings is 2. The molecule has 0 fully saturated rings. The van der Waals surface area contributed by atoms with Crippen LogP contribution in [0.25, 0.3) is 0 Å². The fourth-order valence-electron chi connectivity index (χ4n) is 2.19. The van der Waals surface area contributed by atoms with Gasteiger partial charge in [0.1, 0.15) is 12.4 Å². The van der Waals surface area contributed by atoms with Crippen molar-refractivity contribution >= 4 is 46.7 Å². The highest BCUT2D eigenvalue weighted by molar-refractivity contribution is 6.39. The van der Waals surface area contributed by atoms with E-state index in [1.807, 2.05) is 13.1 Å². The van der Waals surface area contributed by atoms with Crippen LogP contribution in [0.1, 0.15) is 10.4 Å². The third-order valence-electron chi connectivity index (χ3n) is 3.82. The minimum absolute atomic E-state index is 0.447. The Morgan fingerprint density at radius 1 is 1.00 bits per heavy atom. The average molecular weight is 472 g/mol. The van der Waals surface area contributed by atoms with E-state index in [-0.39, 0.29) is 0 Å². The second-order valence-corrected chi connectivity index (χ2v) is 6.99. The second kappa shape index (κ2) is 13.3. The number of anilines is 1. The van der Waals surface area contributed by atoms with Crippen LogP contribution in [0.15, 0.2) is 42.5 Å². The largest absolute Gasteiger partial charge is 0.492 e. The summed E-state index contributed by atoms with van der Waals surface area (Å²) in [5.41, 5.74) is 6.42. The molecule has 5 N–H and O–H groups in total. The second-order valence-electron chi connectivity index (χ2n) is 6.17. The standard InChI is InChI=1S/C18H21Cl2N3O2.C2H2O4/c1-23(10-9-22-17-15(19)3-2-4-16(17)20)11-12-25-14-7-5-13(6-8-14)18(21)24;3-1(4)2(5)6/h2-8,22H,9-12H2,1H3,(H2,21,24);(H,3,4)(H,5,6). The number of hydrogen-bond acceptors (Lipinski definition) is 6. The number of primary amides is 1. The van der Waals surface area contributed by atoms with E-state index in [1.165, 1.54) is 0 Å². The third-order valence-corrected chi connectivity index (χ3v) is 4.45. The number of nitrogens with one attached hydrogen (secondary N) is 1. The molecule has 0 saturated heterocycles. The van der Waals surface area contributed by atoms with Crippen LogP contribution < -0.4 is 15.8 Å². The Morgan fingerprint density at radius 2 is 1.55 bits per heavy atom. The summed E-state index contributed by atoms with van der Waals surface area (Å²) in [4.78, 5) is 31.3. The molecule has 0 atom stereocenters. The molecule has 2 rings (SSSR count). The predicted octanol–water partition coefficient (Wildman–Crippen LogP) is 2.67. The van der Waals surface area contributed by atoms with Crippen molar-refractivity contribution < 1.29 is 29.3 Å². The number of carboxylic acid groups (broad SMARTS) is 2. The van der Waals surface area contributed by atoms with Crippen molar-refractivity contribution in [3.8, 4) is 5.75 Å². The first-order valence-electron chi connectivity index (χ1n) is 8.97. The van der Waals surface area contributed by atoms with E-state index in [0.29, 0.717) is 34.5 Å². The number of rotatable bonds is 9. The maximum atomic E-state index is 11.0. The fraction of sp³-hybridized carbons (Fsp3) is 0.250. The van der Waals surface area contributed by atoms with Crippen LogP contribution in [0, 0.1) is 0 Å². The van der Waals surface area contributed by atoms with Gasteiger partial charge in [-0.1, -0.05) is 29.3 Å². The molecular formula is C20H23Cl2N3O6. The summed E-state index contributed by atoms with van der Waals surface area (Å²) < 4.78 is 5.66. The molecule has 2 aromatic carbocycles. The lowest BCUT2D eigenvalue weighted by Gasteiger charge is -2.18. The number of hydrogen-bond donors (Lipinski definition) is 4. The molecule has 31 heavy (non-hydrogen) atoms. The first-order chi connectivity index (χ1) is 14.6. The molecular weight excluding hydrogens is 449 g/mol. The Hall–Kier alpha value is -3.01. The molecule has 0 saturated carbocycles. The summed E-state index contributed by atoms with van der Waals surface area (Å²) in [7, 11) is 2.01. The maximum absolute atomic E-state index is 11.0. The normalized spacial score (nSPS) is 10.1. The number of nitrogens with zero attached hydrogens (tertiary/aromatic N) is 1. The molecule has 0 heterocycles. The van der Waals surface area contributed by atoms with Crippen molar-refractivity contribution in [2.24, 2.45) is 5.73 Å². The molecule has 0 aliphatic carbocycles. The zero-order chi connectivity index (χ0) is 23.4. The number of carbonyl (C=O) groups is 3. The average Bonchev–Trinajstić information content (AvgIpc) is 2.71. The Labute approximate surface area is 189 Å². The van der Waals surface area contributed by atoms with E-state index in [9.17, 15) is 4.79 Å². The monoisotopic (exact) mass is 471 g/mol. The lowest BCUT2D eigenvalue weighted by atomic mass is 10.2. The molecule has 2 aromatic rings. The van der Waals surface area contributed by atoms with E-state index in [1.54, 1.807) is 36.4 Å². The number of nitrogens with two attached hydrogens (primary N) is 1. The van der Waals surface area contributed by atoms with Crippen molar-refractivity contribution in [1.82, 2.24) is 4.90 Å². The molecule has 0 radical (unpaired) electrons. The molecule has 11 heteroatoms. The quantitative estimate of drug-likeness (QED) is 0.408. The van der Waals surface area contributed by atoms with Crippen molar-refractivity contribution in [1.29, 1.82) is 0 Å². The van der Waals surface area contributed by atoms with Crippen molar-refractivity contribution in [2.45, 2.75) is 0 Å². The third kappa shape index (κ3) is 10.0. The van der Waals surface area contributed by atoms with Gasteiger partial charge in [-0.05, 0) is 43.4 Å². The molecule has 1 amide bonds. The van der Waals surface area contributed by atoms with Gasteiger partial charge in [0.2, 0.25) is 5.91 Å². The van der Waals surface area contributed by atoms with Gasteiger partial charge in [0, 0.05) is 25.2 Å².